The first-order valence-electron chi connectivity index (χ1n) is 14.7. The van der Waals surface area contributed by atoms with Crippen molar-refractivity contribution in [2.45, 2.75) is 64.1 Å². The first-order valence-corrected chi connectivity index (χ1v) is 15.3. The molecule has 0 amide bonds. The Labute approximate surface area is 249 Å². The second kappa shape index (κ2) is 11.5. The van der Waals surface area contributed by atoms with Crippen LogP contribution in [0.2, 0.25) is 0 Å². The third kappa shape index (κ3) is 4.80. The molecule has 220 valence electrons. The van der Waals surface area contributed by atoms with Gasteiger partial charge in [0.25, 0.3) is 5.95 Å². The summed E-state index contributed by atoms with van der Waals surface area (Å²) in [6.45, 7) is 11.1. The topological polar surface area (TPSA) is 97.7 Å². The molecule has 2 unspecified atom stereocenters. The molecular weight excluding hydrogens is 532 g/mol. The number of allylic oxidation sites excluding steroid dienone is 2. The molecule has 3 saturated carbocycles. The van der Waals surface area contributed by atoms with E-state index in [4.69, 9.17) is 32.3 Å². The maximum Gasteiger partial charge on any atom is 0.284 e. The predicted molar refractivity (Wildman–Crippen MR) is 168 cm³/mol. The van der Waals surface area contributed by atoms with Gasteiger partial charge in [0.1, 0.15) is 12.4 Å². The van der Waals surface area contributed by atoms with E-state index in [1.807, 2.05) is 31.1 Å². The number of fused-ring (bicyclic) bond motifs is 5. The van der Waals surface area contributed by atoms with Gasteiger partial charge in [-0.2, -0.15) is 12.6 Å². The van der Waals surface area contributed by atoms with Crippen LogP contribution in [-0.4, -0.2) is 35.9 Å². The van der Waals surface area contributed by atoms with Crippen LogP contribution in [0.25, 0.3) is 6.08 Å². The first kappa shape index (κ1) is 29.7. The van der Waals surface area contributed by atoms with Gasteiger partial charge in [-0.3, -0.25) is 0 Å². The van der Waals surface area contributed by atoms with Gasteiger partial charge in [-0.05, 0) is 97.1 Å². The molecule has 1 heterocycles. The van der Waals surface area contributed by atoms with E-state index in [-0.39, 0.29) is 16.7 Å². The summed E-state index contributed by atoms with van der Waals surface area (Å²) < 4.78 is 12.2. The average molecular weight is 577 g/mol. The number of furan rings is 1. The number of hydrogen-bond donors (Lipinski definition) is 4. The number of hydrogen-bond acceptors (Lipinski definition) is 7. The Morgan fingerprint density at radius 1 is 1.24 bits per heavy atom. The normalized spacial score (nSPS) is 35.7. The fourth-order valence-electron chi connectivity index (χ4n) is 9.01. The molecule has 1 aromatic heterocycles. The number of aliphatic hydroxyl groups is 1. The maximum atomic E-state index is 12.0. The summed E-state index contributed by atoms with van der Waals surface area (Å²) in [4.78, 5) is 8.00. The standard InChI is InChI=1S/C33H42N2O3S.CH2O/c1-4-21-7-5-8-24(15-21)35-27-16-23-10-11-25-26-12-13-33(20-39,38-29-9-6-14-37-29)32(26,3)18-28(36)30(25)31(23,2)17-22(27)19-34;1-2/h4-9,14-16,25-26,28,30,35-36,39H,1,10-13,17-20,34H2,2-3H3;1H2/t25-,26?,28-,30?,31-,32-,33-;/m0./s1. The molecular formula is C34H44N2O4S. The number of thiol groups is 1. The molecule has 0 aliphatic heterocycles. The van der Waals surface area contributed by atoms with Crippen molar-refractivity contribution in [3.8, 4) is 5.95 Å². The zero-order chi connectivity index (χ0) is 29.4. The number of nitrogens with two attached hydrogens (primary N) is 1. The highest BCUT2D eigenvalue weighted by Gasteiger charge is 2.67. The van der Waals surface area contributed by atoms with Gasteiger partial charge in [-0.1, -0.05) is 44.2 Å². The van der Waals surface area contributed by atoms with Gasteiger partial charge in [-0.25, -0.2) is 0 Å². The first-order chi connectivity index (χ1) is 19.8. The highest BCUT2D eigenvalue weighted by atomic mass is 32.1. The Kier molecular flexibility index (Phi) is 8.34. The summed E-state index contributed by atoms with van der Waals surface area (Å²) in [6.07, 6.45) is 11.2. The summed E-state index contributed by atoms with van der Waals surface area (Å²) >= 11 is 4.82. The Balaban J connectivity index is 0.00000165. The third-order valence-corrected chi connectivity index (χ3v) is 11.4. The second-order valence-electron chi connectivity index (χ2n) is 12.7. The van der Waals surface area contributed by atoms with Crippen molar-refractivity contribution in [3.63, 3.8) is 0 Å². The van der Waals surface area contributed by atoms with Crippen molar-refractivity contribution in [2.24, 2.45) is 34.3 Å². The smallest absolute Gasteiger partial charge is 0.284 e. The Bertz CT molecular complexity index is 1320. The minimum Gasteiger partial charge on any atom is -0.457 e. The monoisotopic (exact) mass is 576 g/mol. The molecule has 4 N–H and O–H groups in total. The lowest BCUT2D eigenvalue weighted by atomic mass is 9.45. The van der Waals surface area contributed by atoms with Crippen LogP contribution in [-0.2, 0) is 4.79 Å². The predicted octanol–water partition coefficient (Wildman–Crippen LogP) is 6.65. The lowest BCUT2D eigenvalue weighted by Gasteiger charge is -2.61. The molecule has 0 bridgehead atoms. The summed E-state index contributed by atoms with van der Waals surface area (Å²) in [5.41, 5.74) is 11.5. The van der Waals surface area contributed by atoms with Crippen molar-refractivity contribution in [1.82, 2.24) is 0 Å². The number of benzene rings is 1. The minimum absolute atomic E-state index is 0.111. The summed E-state index contributed by atoms with van der Waals surface area (Å²) in [5, 5.41) is 15.6. The molecule has 0 spiro atoms. The van der Waals surface area contributed by atoms with Crippen LogP contribution in [0.4, 0.5) is 5.69 Å². The van der Waals surface area contributed by atoms with Crippen molar-refractivity contribution in [1.29, 1.82) is 0 Å². The summed E-state index contributed by atoms with van der Waals surface area (Å²) in [6, 6.07) is 12.0. The van der Waals surface area contributed by atoms with Crippen LogP contribution < -0.4 is 15.8 Å². The van der Waals surface area contributed by atoms with E-state index in [9.17, 15) is 5.11 Å². The van der Waals surface area contributed by atoms with Crippen LogP contribution in [0.3, 0.4) is 0 Å². The number of carbonyl (C=O) groups excluding carboxylic acids is 1. The molecule has 6 rings (SSSR count). The van der Waals surface area contributed by atoms with Gasteiger partial charge in [0.05, 0.1) is 12.4 Å². The SMILES string of the molecule is C=Cc1cccc(NC2=C(CN)C[C@@]3(C)C(=C2)CC[C@@H]2C3[C@@H](O)C[C@@]3(C)C2CC[C@@]3(CS)Oc2ccco2)c1.C=O. The third-order valence-electron chi connectivity index (χ3n) is 10.9. The largest absolute Gasteiger partial charge is 0.457 e. The molecule has 6 nitrogen and oxygen atoms in total. The molecule has 7 atom stereocenters. The highest BCUT2D eigenvalue weighted by molar-refractivity contribution is 7.80. The van der Waals surface area contributed by atoms with Crippen LogP contribution in [0.5, 0.6) is 5.95 Å². The number of anilines is 1. The van der Waals surface area contributed by atoms with Gasteiger partial charge in [0.15, 0.2) is 0 Å². The van der Waals surface area contributed by atoms with Gasteiger partial charge in [0.2, 0.25) is 0 Å². The van der Waals surface area contributed by atoms with Crippen LogP contribution in [0, 0.1) is 28.6 Å². The van der Waals surface area contributed by atoms with Crippen LogP contribution in [0.1, 0.15) is 57.9 Å². The number of ether oxygens (including phenoxy) is 1. The van der Waals surface area contributed by atoms with Crippen LogP contribution in [0.15, 0.2) is 76.6 Å². The van der Waals surface area contributed by atoms with Crippen molar-refractivity contribution < 1.29 is 19.1 Å². The van der Waals surface area contributed by atoms with Crippen molar-refractivity contribution in [3.05, 3.63) is 77.7 Å². The molecule has 3 fully saturated rings. The number of aliphatic hydroxyl groups excluding tert-OH is 1. The quantitative estimate of drug-likeness (QED) is 0.276. The van der Waals surface area contributed by atoms with E-state index in [1.165, 1.54) is 11.1 Å². The average Bonchev–Trinajstić information content (AvgIpc) is 3.59. The molecule has 0 radical (unpaired) electrons. The molecule has 1 aromatic carbocycles. The molecule has 7 heteroatoms. The lowest BCUT2D eigenvalue weighted by Crippen LogP contribution is -2.61. The van der Waals surface area contributed by atoms with E-state index in [2.05, 4.69) is 50.0 Å². The number of carbonyl (C=O) groups is 1. The molecule has 4 aliphatic rings. The van der Waals surface area contributed by atoms with Crippen LogP contribution >= 0.6 is 12.6 Å². The fraction of sp³-hybridized carbons (Fsp3) is 0.500. The van der Waals surface area contributed by atoms with Gasteiger partial charge in [-0.15, -0.1) is 0 Å². The molecule has 2 aromatic rings. The van der Waals surface area contributed by atoms with E-state index < -0.39 is 11.7 Å². The van der Waals surface area contributed by atoms with E-state index in [1.54, 1.807) is 6.26 Å². The minimum atomic E-state index is -0.451. The van der Waals surface area contributed by atoms with Crippen molar-refractivity contribution in [2.75, 3.05) is 17.6 Å². The number of nitrogens with one attached hydrogen (secondary N) is 1. The Morgan fingerprint density at radius 3 is 2.73 bits per heavy atom. The zero-order valence-electron chi connectivity index (χ0n) is 24.3. The van der Waals surface area contributed by atoms with Crippen molar-refractivity contribution >= 4 is 31.2 Å². The van der Waals surface area contributed by atoms with E-state index in [0.29, 0.717) is 36.5 Å². The second-order valence-corrected chi connectivity index (χ2v) is 13.0. The fourth-order valence-corrected chi connectivity index (χ4v) is 9.60. The Morgan fingerprint density at radius 2 is 2.05 bits per heavy atom. The molecule has 0 saturated heterocycles. The lowest BCUT2D eigenvalue weighted by molar-refractivity contribution is -0.158. The summed E-state index contributed by atoms with van der Waals surface area (Å²) in [5.74, 6) is 2.25. The molecule has 4 aliphatic carbocycles. The number of rotatable bonds is 7. The van der Waals surface area contributed by atoms with E-state index >= 15 is 0 Å². The van der Waals surface area contributed by atoms with Gasteiger partial charge >= 0.3 is 0 Å². The maximum absolute atomic E-state index is 12.0. The highest BCUT2D eigenvalue weighted by Crippen LogP contribution is 2.68. The molecule has 41 heavy (non-hydrogen) atoms. The van der Waals surface area contributed by atoms with E-state index in [0.717, 1.165) is 49.1 Å². The zero-order valence-corrected chi connectivity index (χ0v) is 25.2. The summed E-state index contributed by atoms with van der Waals surface area (Å²) in [7, 11) is 0. The Hall–Kier alpha value is -2.74. The van der Waals surface area contributed by atoms with Gasteiger partial charge in [0, 0.05) is 35.2 Å². The van der Waals surface area contributed by atoms with Gasteiger partial charge < -0.3 is 30.1 Å².